The second-order valence-electron chi connectivity index (χ2n) is 4.94. The number of hydrogen-bond donors (Lipinski definition) is 0. The molecule has 1 aliphatic rings. The van der Waals surface area contributed by atoms with Crippen LogP contribution in [0.1, 0.15) is 37.7 Å². The molecule has 0 amide bonds. The summed E-state index contributed by atoms with van der Waals surface area (Å²) in [4.78, 5) is 0. The minimum atomic E-state index is -0.483. The highest BCUT2D eigenvalue weighted by atomic mass is 79.9. The summed E-state index contributed by atoms with van der Waals surface area (Å²) in [5.74, 6) is -0.778. The quantitative estimate of drug-likeness (QED) is 0.382. The Balaban J connectivity index is 2.19. The summed E-state index contributed by atoms with van der Waals surface area (Å²) in [6, 6.07) is 2.71. The summed E-state index contributed by atoms with van der Waals surface area (Å²) in [7, 11) is 0. The zero-order chi connectivity index (χ0) is 13.1. The Bertz CT molecular complexity index is 423. The fourth-order valence-electron chi connectivity index (χ4n) is 2.59. The molecule has 1 aromatic rings. The van der Waals surface area contributed by atoms with Crippen LogP contribution in [-0.2, 0) is 6.42 Å². The van der Waals surface area contributed by atoms with E-state index in [1.807, 2.05) is 0 Å². The van der Waals surface area contributed by atoms with Crippen molar-refractivity contribution >= 4 is 27.5 Å². The Morgan fingerprint density at radius 1 is 1.17 bits per heavy atom. The van der Waals surface area contributed by atoms with Crippen molar-refractivity contribution in [1.29, 1.82) is 0 Å². The monoisotopic (exact) mass is 336 g/mol. The van der Waals surface area contributed by atoms with E-state index >= 15 is 0 Å². The van der Waals surface area contributed by atoms with Crippen LogP contribution in [0.4, 0.5) is 8.78 Å². The Kier molecular flexibility index (Phi) is 5.02. The van der Waals surface area contributed by atoms with Gasteiger partial charge in [0.25, 0.3) is 0 Å². The first-order chi connectivity index (χ1) is 8.59. The molecule has 2 unspecified atom stereocenters. The maximum absolute atomic E-state index is 13.9. The molecule has 0 spiro atoms. The van der Waals surface area contributed by atoms with Gasteiger partial charge >= 0.3 is 0 Å². The molecule has 0 aromatic heterocycles. The van der Waals surface area contributed by atoms with Crippen molar-refractivity contribution in [3.8, 4) is 0 Å². The van der Waals surface area contributed by atoms with E-state index in [0.29, 0.717) is 10.9 Å². The van der Waals surface area contributed by atoms with Crippen LogP contribution in [0.15, 0.2) is 16.6 Å². The smallest absolute Gasteiger partial charge is 0.143 e. The van der Waals surface area contributed by atoms with Gasteiger partial charge in [-0.05, 0) is 53.2 Å². The van der Waals surface area contributed by atoms with E-state index in [9.17, 15) is 8.78 Å². The lowest BCUT2D eigenvalue weighted by atomic mass is 9.91. The number of rotatable bonds is 2. The van der Waals surface area contributed by atoms with Gasteiger partial charge in [0.15, 0.2) is 0 Å². The molecule has 0 saturated heterocycles. The van der Waals surface area contributed by atoms with E-state index in [1.54, 1.807) is 0 Å². The Morgan fingerprint density at radius 3 is 2.67 bits per heavy atom. The first-order valence-electron chi connectivity index (χ1n) is 6.36. The van der Waals surface area contributed by atoms with Gasteiger partial charge in [0, 0.05) is 10.9 Å². The molecule has 0 nitrogen and oxygen atoms in total. The van der Waals surface area contributed by atoms with Crippen LogP contribution in [0.25, 0.3) is 0 Å². The van der Waals surface area contributed by atoms with E-state index in [1.165, 1.54) is 18.6 Å². The summed E-state index contributed by atoms with van der Waals surface area (Å²) in [5.41, 5.74) is 0.168. The van der Waals surface area contributed by atoms with E-state index in [2.05, 4.69) is 15.9 Å². The molecule has 18 heavy (non-hydrogen) atoms. The molecule has 1 saturated carbocycles. The van der Waals surface area contributed by atoms with Gasteiger partial charge in [-0.15, -0.1) is 11.6 Å². The number of benzene rings is 1. The van der Waals surface area contributed by atoms with Crippen molar-refractivity contribution in [3.63, 3.8) is 0 Å². The van der Waals surface area contributed by atoms with Gasteiger partial charge in [-0.3, -0.25) is 0 Å². The molecule has 0 heterocycles. The largest absolute Gasteiger partial charge is 0.207 e. The maximum atomic E-state index is 13.9. The van der Waals surface area contributed by atoms with Crippen LogP contribution >= 0.6 is 27.5 Å². The zero-order valence-electron chi connectivity index (χ0n) is 10.1. The van der Waals surface area contributed by atoms with E-state index in [0.717, 1.165) is 25.7 Å². The van der Waals surface area contributed by atoms with Gasteiger partial charge in [-0.25, -0.2) is 8.78 Å². The van der Waals surface area contributed by atoms with Crippen LogP contribution in [0.5, 0.6) is 0 Å². The van der Waals surface area contributed by atoms with Gasteiger partial charge < -0.3 is 0 Å². The predicted octanol–water partition coefficient (Wildman–Crippen LogP) is 5.46. The SMILES string of the molecule is Fc1ccc(Br)c(F)c1CC1CCCCCC1Cl. The molecule has 2 rings (SSSR count). The molecule has 1 fully saturated rings. The molecular weight excluding hydrogens is 322 g/mol. The summed E-state index contributed by atoms with van der Waals surface area (Å²) in [6.07, 6.45) is 5.69. The maximum Gasteiger partial charge on any atom is 0.143 e. The summed E-state index contributed by atoms with van der Waals surface area (Å²) >= 11 is 9.43. The van der Waals surface area contributed by atoms with Gasteiger partial charge in [0.2, 0.25) is 0 Å². The van der Waals surface area contributed by atoms with Crippen molar-refractivity contribution in [3.05, 3.63) is 33.8 Å². The van der Waals surface area contributed by atoms with E-state index < -0.39 is 11.6 Å². The Morgan fingerprint density at radius 2 is 1.89 bits per heavy atom. The van der Waals surface area contributed by atoms with Crippen LogP contribution < -0.4 is 0 Å². The molecular formula is C14H16BrClF2. The lowest BCUT2D eigenvalue weighted by Crippen LogP contribution is -2.17. The summed E-state index contributed by atoms with van der Waals surface area (Å²) in [6.45, 7) is 0. The second kappa shape index (κ2) is 6.33. The van der Waals surface area contributed by atoms with E-state index in [4.69, 9.17) is 11.6 Å². The minimum Gasteiger partial charge on any atom is -0.207 e. The molecule has 2 atom stereocenters. The predicted molar refractivity (Wildman–Crippen MR) is 74.0 cm³/mol. The summed E-state index contributed by atoms with van der Waals surface area (Å²) < 4.78 is 27.9. The molecule has 1 aromatic carbocycles. The fourth-order valence-corrected chi connectivity index (χ4v) is 3.33. The first kappa shape index (κ1) is 14.3. The first-order valence-corrected chi connectivity index (χ1v) is 7.59. The molecule has 100 valence electrons. The molecule has 1 aliphatic carbocycles. The molecule has 0 N–H and O–H groups in total. The van der Waals surface area contributed by atoms with Crippen LogP contribution in [0, 0.1) is 17.6 Å². The molecule has 0 radical (unpaired) electrons. The van der Waals surface area contributed by atoms with Gasteiger partial charge in [-0.1, -0.05) is 19.3 Å². The number of hydrogen-bond acceptors (Lipinski definition) is 0. The molecule has 0 bridgehead atoms. The average Bonchev–Trinajstić information content (AvgIpc) is 2.55. The highest BCUT2D eigenvalue weighted by molar-refractivity contribution is 9.10. The van der Waals surface area contributed by atoms with Crippen LogP contribution in [-0.4, -0.2) is 5.38 Å². The zero-order valence-corrected chi connectivity index (χ0v) is 12.4. The van der Waals surface area contributed by atoms with E-state index in [-0.39, 0.29) is 16.9 Å². The average molecular weight is 338 g/mol. The van der Waals surface area contributed by atoms with Crippen molar-refractivity contribution in [2.24, 2.45) is 5.92 Å². The fraction of sp³-hybridized carbons (Fsp3) is 0.571. The highest BCUT2D eigenvalue weighted by Gasteiger charge is 2.25. The molecule has 4 heteroatoms. The highest BCUT2D eigenvalue weighted by Crippen LogP contribution is 2.32. The van der Waals surface area contributed by atoms with Crippen LogP contribution in [0.3, 0.4) is 0 Å². The number of alkyl halides is 1. The van der Waals surface area contributed by atoms with Crippen molar-refractivity contribution in [1.82, 2.24) is 0 Å². The molecule has 0 aliphatic heterocycles. The summed E-state index contributed by atoms with van der Waals surface area (Å²) in [5, 5.41) is 0.0327. The van der Waals surface area contributed by atoms with Crippen molar-refractivity contribution in [2.45, 2.75) is 43.9 Å². The second-order valence-corrected chi connectivity index (χ2v) is 6.35. The van der Waals surface area contributed by atoms with Crippen molar-refractivity contribution in [2.75, 3.05) is 0 Å². The normalized spacial score (nSPS) is 24.9. The minimum absolute atomic E-state index is 0.0327. The van der Waals surface area contributed by atoms with Gasteiger partial charge in [0.1, 0.15) is 11.6 Å². The van der Waals surface area contributed by atoms with Crippen molar-refractivity contribution < 1.29 is 8.78 Å². The van der Waals surface area contributed by atoms with Gasteiger partial charge in [0.05, 0.1) is 4.47 Å². The Labute approximate surface area is 120 Å². The third-order valence-corrected chi connectivity index (χ3v) is 4.86. The standard InChI is InChI=1S/C14H16BrClF2/c15-11-6-7-13(17)10(14(11)18)8-9-4-2-1-3-5-12(9)16/h6-7,9,12H,1-5,8H2. The third-order valence-electron chi connectivity index (χ3n) is 3.67. The van der Waals surface area contributed by atoms with Crippen LogP contribution in [0.2, 0.25) is 0 Å². The lowest BCUT2D eigenvalue weighted by molar-refractivity contribution is 0.439. The number of halogens is 4. The topological polar surface area (TPSA) is 0 Å². The third kappa shape index (κ3) is 3.24. The van der Waals surface area contributed by atoms with Gasteiger partial charge in [-0.2, -0.15) is 0 Å². The lowest BCUT2D eigenvalue weighted by Gasteiger charge is -2.20. The Hall–Kier alpha value is -0.150.